The molecule has 1 aliphatic rings. The number of hydrogen-bond acceptors (Lipinski definition) is 8. The van der Waals surface area contributed by atoms with Crippen molar-refractivity contribution >= 4 is 5.97 Å². The van der Waals surface area contributed by atoms with Gasteiger partial charge in [-0.15, -0.1) is 0 Å². The topological polar surface area (TPSA) is 201 Å². The van der Waals surface area contributed by atoms with Gasteiger partial charge in [0.05, 0.1) is 39.1 Å². The Hall–Kier alpha value is -1.41. The summed E-state index contributed by atoms with van der Waals surface area (Å²) in [4.78, 5) is 11.6. The van der Waals surface area contributed by atoms with E-state index in [1.54, 1.807) is 13.8 Å². The van der Waals surface area contributed by atoms with E-state index in [-0.39, 0.29) is 36.2 Å². The molecule has 188 valence electrons. The number of carbonyl (C=O) groups excluding carboxylic acids is 1. The Labute approximate surface area is 184 Å². The number of ether oxygens (including phenoxy) is 5. The zero-order valence-electron chi connectivity index (χ0n) is 19.2. The van der Waals surface area contributed by atoms with Gasteiger partial charge in [-0.3, -0.25) is 0 Å². The van der Waals surface area contributed by atoms with E-state index in [1.807, 2.05) is 6.92 Å². The normalized spacial score (nSPS) is 17.6. The summed E-state index contributed by atoms with van der Waals surface area (Å²) in [5, 5.41) is 18.9. The van der Waals surface area contributed by atoms with Crippen molar-refractivity contribution in [2.24, 2.45) is 0 Å². The molecule has 1 fully saturated rings. The summed E-state index contributed by atoms with van der Waals surface area (Å²) < 4.78 is 25.2. The van der Waals surface area contributed by atoms with E-state index in [4.69, 9.17) is 28.8 Å². The van der Waals surface area contributed by atoms with E-state index in [1.165, 1.54) is 13.8 Å². The molecule has 0 spiro atoms. The molecule has 0 aromatic heterocycles. The van der Waals surface area contributed by atoms with E-state index in [0.29, 0.717) is 12.7 Å². The summed E-state index contributed by atoms with van der Waals surface area (Å²) in [5.74, 6) is -2.45. The van der Waals surface area contributed by atoms with Crippen molar-refractivity contribution in [3.63, 3.8) is 0 Å². The van der Waals surface area contributed by atoms with Crippen molar-refractivity contribution < 1.29 is 55.1 Å². The van der Waals surface area contributed by atoms with Gasteiger partial charge in [-0.25, -0.2) is 4.79 Å². The molecule has 0 aliphatic carbocycles. The van der Waals surface area contributed by atoms with Gasteiger partial charge in [0.25, 0.3) is 0 Å². The second-order valence-corrected chi connectivity index (χ2v) is 7.30. The Bertz CT molecular complexity index is 488. The molecule has 0 bridgehead atoms. The molecule has 8 N–H and O–H groups in total. The molecular weight excluding hydrogens is 416 g/mol. The fourth-order valence-electron chi connectivity index (χ4n) is 1.62. The maximum atomic E-state index is 11.6. The van der Waals surface area contributed by atoms with Crippen molar-refractivity contribution in [2.75, 3.05) is 39.6 Å². The molecule has 11 nitrogen and oxygen atoms in total. The van der Waals surface area contributed by atoms with Gasteiger partial charge in [0.1, 0.15) is 12.7 Å². The minimum absolute atomic E-state index is 0. The second kappa shape index (κ2) is 19.3. The quantitative estimate of drug-likeness (QED) is 0.153. The van der Waals surface area contributed by atoms with Gasteiger partial charge in [0.15, 0.2) is 6.10 Å². The highest BCUT2D eigenvalue weighted by molar-refractivity contribution is 5.74. The SMILES string of the molecule is C=C(C)COCC(C)(O)OC(=O)C(C)OCC(C)O.C=C(C)COCC1CO1.O.O.O. The lowest BCUT2D eigenvalue weighted by Gasteiger charge is -2.25. The van der Waals surface area contributed by atoms with Crippen LogP contribution in [0.1, 0.15) is 34.6 Å². The number of rotatable bonds is 13. The maximum absolute atomic E-state index is 11.6. The summed E-state index contributed by atoms with van der Waals surface area (Å²) in [6, 6.07) is 0. The minimum Gasteiger partial charge on any atom is -0.429 e. The van der Waals surface area contributed by atoms with E-state index < -0.39 is 24.0 Å². The van der Waals surface area contributed by atoms with Crippen molar-refractivity contribution in [1.29, 1.82) is 0 Å². The van der Waals surface area contributed by atoms with E-state index >= 15 is 0 Å². The van der Waals surface area contributed by atoms with Gasteiger partial charge in [-0.05, 0) is 27.7 Å². The molecule has 0 aromatic carbocycles. The van der Waals surface area contributed by atoms with Crippen LogP contribution in [0.4, 0.5) is 0 Å². The Balaban J connectivity index is -0.000000258. The van der Waals surface area contributed by atoms with Crippen LogP contribution in [0.3, 0.4) is 0 Å². The van der Waals surface area contributed by atoms with Crippen LogP contribution >= 0.6 is 0 Å². The van der Waals surface area contributed by atoms with Gasteiger partial charge in [0.2, 0.25) is 5.79 Å². The predicted octanol–water partition coefficient (Wildman–Crippen LogP) is -0.879. The zero-order valence-corrected chi connectivity index (χ0v) is 19.2. The highest BCUT2D eigenvalue weighted by Crippen LogP contribution is 2.10. The molecule has 1 aliphatic heterocycles. The lowest BCUT2D eigenvalue weighted by Crippen LogP contribution is -2.40. The third kappa shape index (κ3) is 24.7. The molecule has 31 heavy (non-hydrogen) atoms. The summed E-state index contributed by atoms with van der Waals surface area (Å²) >= 11 is 0. The first-order chi connectivity index (χ1) is 12.9. The zero-order chi connectivity index (χ0) is 21.7. The van der Waals surface area contributed by atoms with Gasteiger partial charge < -0.3 is 50.3 Å². The second-order valence-electron chi connectivity index (χ2n) is 7.30. The van der Waals surface area contributed by atoms with Crippen molar-refractivity contribution in [1.82, 2.24) is 0 Å². The molecule has 4 unspecified atom stereocenters. The smallest absolute Gasteiger partial charge is 0.337 e. The molecule has 1 heterocycles. The Morgan fingerprint density at radius 3 is 2.03 bits per heavy atom. The average molecular weight is 459 g/mol. The number of aliphatic hydroxyl groups excluding tert-OH is 1. The summed E-state index contributed by atoms with van der Waals surface area (Å²) in [5.41, 5.74) is 1.87. The predicted molar refractivity (Wildman–Crippen MR) is 116 cm³/mol. The molecule has 1 rings (SSSR count). The molecule has 4 atom stereocenters. The van der Waals surface area contributed by atoms with Crippen LogP contribution in [0.2, 0.25) is 0 Å². The average Bonchev–Trinajstić information content (AvgIpc) is 3.36. The molecule has 0 amide bonds. The highest BCUT2D eigenvalue weighted by atomic mass is 16.7. The van der Waals surface area contributed by atoms with Gasteiger partial charge in [0, 0.05) is 6.92 Å². The summed E-state index contributed by atoms with van der Waals surface area (Å²) in [7, 11) is 0. The third-order valence-electron chi connectivity index (χ3n) is 3.01. The van der Waals surface area contributed by atoms with Crippen LogP contribution in [0.5, 0.6) is 0 Å². The standard InChI is InChI=1S/C13H24O6.C7H12O2.3H2O/c1-9(2)6-17-8-13(5,16)19-12(15)11(4)18-7-10(3)14;1-6(2)3-8-4-7-5-9-7;;;/h10-11,14,16H,1,6-8H2,2-5H3;7H,1,3-5H2,2H3;3*1H2. The van der Waals surface area contributed by atoms with Crippen molar-refractivity contribution in [3.8, 4) is 0 Å². The van der Waals surface area contributed by atoms with Crippen LogP contribution in [0.25, 0.3) is 0 Å². The van der Waals surface area contributed by atoms with Gasteiger partial charge in [-0.1, -0.05) is 24.3 Å². The van der Waals surface area contributed by atoms with Crippen LogP contribution in [-0.2, 0) is 28.5 Å². The maximum Gasteiger partial charge on any atom is 0.337 e. The molecule has 0 saturated carbocycles. The fraction of sp³-hybridized carbons (Fsp3) is 0.750. The lowest BCUT2D eigenvalue weighted by atomic mass is 10.3. The number of carbonyl (C=O) groups is 1. The summed E-state index contributed by atoms with van der Waals surface area (Å²) in [6.45, 7) is 17.8. The van der Waals surface area contributed by atoms with E-state index in [9.17, 15) is 9.90 Å². The number of esters is 1. The van der Waals surface area contributed by atoms with E-state index in [0.717, 1.165) is 24.4 Å². The number of hydrogen-bond donors (Lipinski definition) is 2. The van der Waals surface area contributed by atoms with Crippen LogP contribution in [-0.4, -0.2) is 96.4 Å². The fourth-order valence-corrected chi connectivity index (χ4v) is 1.62. The first-order valence-electron chi connectivity index (χ1n) is 9.23. The monoisotopic (exact) mass is 458 g/mol. The Morgan fingerprint density at radius 1 is 1.13 bits per heavy atom. The molecule has 1 saturated heterocycles. The third-order valence-corrected chi connectivity index (χ3v) is 3.01. The number of aliphatic hydroxyl groups is 2. The number of epoxide rings is 1. The van der Waals surface area contributed by atoms with Crippen LogP contribution < -0.4 is 0 Å². The molecule has 11 heteroatoms. The van der Waals surface area contributed by atoms with E-state index in [2.05, 4.69) is 13.2 Å². The largest absolute Gasteiger partial charge is 0.429 e. The molecule has 0 radical (unpaired) electrons. The van der Waals surface area contributed by atoms with Gasteiger partial charge >= 0.3 is 5.97 Å². The van der Waals surface area contributed by atoms with Crippen LogP contribution in [0, 0.1) is 0 Å². The highest BCUT2D eigenvalue weighted by Gasteiger charge is 2.29. The van der Waals surface area contributed by atoms with Gasteiger partial charge in [-0.2, -0.15) is 0 Å². The lowest BCUT2D eigenvalue weighted by molar-refractivity contribution is -0.227. The minimum atomic E-state index is -1.73. The first kappa shape index (κ1) is 36.9. The van der Waals surface area contributed by atoms with Crippen LogP contribution in [0.15, 0.2) is 24.3 Å². The van der Waals surface area contributed by atoms with Crippen molar-refractivity contribution in [2.45, 2.75) is 58.7 Å². The van der Waals surface area contributed by atoms with Crippen molar-refractivity contribution in [3.05, 3.63) is 24.3 Å². The molecule has 0 aromatic rings. The first-order valence-corrected chi connectivity index (χ1v) is 9.23. The molecular formula is C20H42O11. The Morgan fingerprint density at radius 2 is 1.61 bits per heavy atom. The summed E-state index contributed by atoms with van der Waals surface area (Å²) in [6.07, 6.45) is -1.17. The Kier molecular flexibility index (Phi) is 23.0.